The van der Waals surface area contributed by atoms with Gasteiger partial charge in [0, 0.05) is 6.61 Å². The van der Waals surface area contributed by atoms with Crippen LogP contribution in [0.25, 0.3) is 0 Å². The quantitative estimate of drug-likeness (QED) is 0.122. The molecule has 218 valence electrons. The van der Waals surface area contributed by atoms with Crippen LogP contribution in [-0.4, -0.2) is 170 Å². The van der Waals surface area contributed by atoms with Gasteiger partial charge in [-0.25, -0.2) is 0 Å². The average Bonchev–Trinajstić information content (AvgIpc) is 2.89. The van der Waals surface area contributed by atoms with Gasteiger partial charge >= 0.3 is 0 Å². The molecule has 16 heteroatoms. The molecule has 3 fully saturated rings. The number of aliphatic hydroxyl groups excluding tert-OH is 10. The van der Waals surface area contributed by atoms with Crippen LogP contribution < -0.4 is 0 Å². The fraction of sp³-hybridized carbons (Fsp3) is 1.00. The standard InChI is InChI=1S/C21H38O16/c1-2-3-32-20-17(31)18(37-21-16(30)14(28)11(25)8(5-23)35-21)12(26)9(36-20)6-33-19-15(29)13(27)10(24)7(4-22)34-19/h7-31H,2-6H2,1H3. The second-order valence-corrected chi connectivity index (χ2v) is 9.22. The predicted molar refractivity (Wildman–Crippen MR) is 115 cm³/mol. The Morgan fingerprint density at radius 3 is 1.57 bits per heavy atom. The second kappa shape index (κ2) is 13.6. The third-order valence-corrected chi connectivity index (χ3v) is 6.54. The molecule has 0 radical (unpaired) electrons. The van der Waals surface area contributed by atoms with Gasteiger partial charge in [0.05, 0.1) is 19.8 Å². The maximum Gasteiger partial charge on any atom is 0.187 e. The zero-order valence-corrected chi connectivity index (χ0v) is 20.1. The van der Waals surface area contributed by atoms with Crippen LogP contribution in [0.2, 0.25) is 0 Å². The summed E-state index contributed by atoms with van der Waals surface area (Å²) in [5.74, 6) is 0. The van der Waals surface area contributed by atoms with Crippen LogP contribution in [0.15, 0.2) is 0 Å². The number of rotatable bonds is 10. The molecule has 0 saturated carbocycles. The van der Waals surface area contributed by atoms with Gasteiger partial charge < -0.3 is 79.5 Å². The molecule has 0 aromatic carbocycles. The minimum absolute atomic E-state index is 0.144. The summed E-state index contributed by atoms with van der Waals surface area (Å²) in [5, 5.41) is 101. The Hall–Kier alpha value is -0.640. The molecule has 37 heavy (non-hydrogen) atoms. The number of hydrogen-bond donors (Lipinski definition) is 10. The van der Waals surface area contributed by atoms with E-state index in [1.165, 1.54) is 0 Å². The van der Waals surface area contributed by atoms with E-state index in [2.05, 4.69) is 0 Å². The van der Waals surface area contributed by atoms with Crippen LogP contribution in [0.3, 0.4) is 0 Å². The minimum atomic E-state index is -1.81. The van der Waals surface area contributed by atoms with E-state index < -0.39 is 112 Å². The van der Waals surface area contributed by atoms with E-state index in [0.29, 0.717) is 6.42 Å². The Kier molecular flexibility index (Phi) is 11.4. The maximum absolute atomic E-state index is 10.9. The van der Waals surface area contributed by atoms with Crippen molar-refractivity contribution in [3.8, 4) is 0 Å². The van der Waals surface area contributed by atoms with E-state index in [0.717, 1.165) is 0 Å². The van der Waals surface area contributed by atoms with Crippen LogP contribution in [0.5, 0.6) is 0 Å². The van der Waals surface area contributed by atoms with Gasteiger partial charge in [-0.15, -0.1) is 0 Å². The largest absolute Gasteiger partial charge is 0.394 e. The van der Waals surface area contributed by atoms with Crippen LogP contribution in [0.4, 0.5) is 0 Å². The van der Waals surface area contributed by atoms with Crippen molar-refractivity contribution in [3.05, 3.63) is 0 Å². The summed E-state index contributed by atoms with van der Waals surface area (Å²) < 4.78 is 32.7. The van der Waals surface area contributed by atoms with E-state index in [-0.39, 0.29) is 6.61 Å². The Labute approximate surface area is 212 Å². The first-order chi connectivity index (χ1) is 17.5. The first-order valence-corrected chi connectivity index (χ1v) is 12.1. The van der Waals surface area contributed by atoms with Gasteiger partial charge in [-0.3, -0.25) is 0 Å². The summed E-state index contributed by atoms with van der Waals surface area (Å²) in [5.41, 5.74) is 0. The van der Waals surface area contributed by atoms with Crippen LogP contribution in [-0.2, 0) is 28.4 Å². The predicted octanol–water partition coefficient (Wildman–Crippen LogP) is -6.14. The molecule has 10 N–H and O–H groups in total. The second-order valence-electron chi connectivity index (χ2n) is 9.22. The molecule has 3 aliphatic heterocycles. The summed E-state index contributed by atoms with van der Waals surface area (Å²) in [4.78, 5) is 0. The number of aliphatic hydroxyl groups is 10. The van der Waals surface area contributed by atoms with Gasteiger partial charge in [0.2, 0.25) is 0 Å². The lowest BCUT2D eigenvalue weighted by molar-refractivity contribution is -0.366. The third-order valence-electron chi connectivity index (χ3n) is 6.54. The van der Waals surface area contributed by atoms with E-state index in [4.69, 9.17) is 28.4 Å². The molecule has 0 aromatic rings. The Balaban J connectivity index is 1.73. The summed E-state index contributed by atoms with van der Waals surface area (Å²) in [7, 11) is 0. The zero-order chi connectivity index (χ0) is 27.4. The molecule has 16 nitrogen and oxygen atoms in total. The minimum Gasteiger partial charge on any atom is -0.394 e. The maximum atomic E-state index is 10.9. The van der Waals surface area contributed by atoms with Crippen molar-refractivity contribution in [1.82, 2.24) is 0 Å². The lowest BCUT2D eigenvalue weighted by Crippen LogP contribution is -2.65. The molecule has 0 amide bonds. The normalized spacial score (nSPS) is 49.2. The van der Waals surface area contributed by atoms with Crippen molar-refractivity contribution in [2.75, 3.05) is 26.4 Å². The van der Waals surface area contributed by atoms with Gasteiger partial charge in [-0.2, -0.15) is 0 Å². The molecular weight excluding hydrogens is 508 g/mol. The van der Waals surface area contributed by atoms with Gasteiger partial charge in [0.1, 0.15) is 73.2 Å². The van der Waals surface area contributed by atoms with Crippen molar-refractivity contribution in [2.24, 2.45) is 0 Å². The molecular formula is C21H38O16. The zero-order valence-electron chi connectivity index (χ0n) is 20.1. The van der Waals surface area contributed by atoms with Crippen LogP contribution >= 0.6 is 0 Å². The highest BCUT2D eigenvalue weighted by Gasteiger charge is 2.52. The van der Waals surface area contributed by atoms with Crippen LogP contribution in [0.1, 0.15) is 13.3 Å². The van der Waals surface area contributed by atoms with Crippen molar-refractivity contribution < 1.29 is 79.5 Å². The van der Waals surface area contributed by atoms with E-state index >= 15 is 0 Å². The van der Waals surface area contributed by atoms with Crippen molar-refractivity contribution in [1.29, 1.82) is 0 Å². The first-order valence-electron chi connectivity index (χ1n) is 12.1. The molecule has 3 rings (SSSR count). The Bertz CT molecular complexity index is 683. The van der Waals surface area contributed by atoms with Crippen LogP contribution in [0, 0.1) is 0 Å². The molecule has 0 bridgehead atoms. The number of ether oxygens (including phenoxy) is 6. The highest BCUT2D eigenvalue weighted by molar-refractivity contribution is 4.95. The molecule has 3 saturated heterocycles. The Morgan fingerprint density at radius 1 is 0.541 bits per heavy atom. The van der Waals surface area contributed by atoms with E-state index in [1.807, 2.05) is 0 Å². The molecule has 0 aliphatic carbocycles. The molecule has 0 spiro atoms. The topological polar surface area (TPSA) is 258 Å². The summed E-state index contributed by atoms with van der Waals surface area (Å²) in [6.45, 7) is 0.0245. The highest BCUT2D eigenvalue weighted by Crippen LogP contribution is 2.31. The Morgan fingerprint density at radius 2 is 1.03 bits per heavy atom. The smallest absolute Gasteiger partial charge is 0.187 e. The molecule has 3 aliphatic rings. The van der Waals surface area contributed by atoms with Gasteiger partial charge in [-0.1, -0.05) is 6.92 Å². The fourth-order valence-corrected chi connectivity index (χ4v) is 4.30. The summed E-state index contributed by atoms with van der Waals surface area (Å²) in [6, 6.07) is 0. The molecule has 3 heterocycles. The molecule has 15 atom stereocenters. The lowest BCUT2D eigenvalue weighted by Gasteiger charge is -2.46. The fourth-order valence-electron chi connectivity index (χ4n) is 4.30. The monoisotopic (exact) mass is 546 g/mol. The SMILES string of the molecule is CCCOC1OC(COC2OC(CO)C(O)C(O)C2O)C(O)C(OC2OC(CO)C(O)C(O)C2O)C1O. The van der Waals surface area contributed by atoms with Gasteiger partial charge in [0.25, 0.3) is 0 Å². The molecule has 0 aromatic heterocycles. The lowest BCUT2D eigenvalue weighted by atomic mass is 9.96. The average molecular weight is 547 g/mol. The van der Waals surface area contributed by atoms with E-state index in [1.54, 1.807) is 6.92 Å². The molecule has 15 unspecified atom stereocenters. The number of hydrogen-bond acceptors (Lipinski definition) is 16. The van der Waals surface area contributed by atoms with E-state index in [9.17, 15) is 51.1 Å². The van der Waals surface area contributed by atoms with Crippen molar-refractivity contribution >= 4 is 0 Å². The van der Waals surface area contributed by atoms with Gasteiger partial charge in [-0.05, 0) is 6.42 Å². The van der Waals surface area contributed by atoms with Crippen molar-refractivity contribution in [2.45, 2.75) is 105 Å². The highest BCUT2D eigenvalue weighted by atomic mass is 16.7. The third kappa shape index (κ3) is 6.75. The summed E-state index contributed by atoms with van der Waals surface area (Å²) >= 11 is 0. The first kappa shape index (κ1) is 30.9. The van der Waals surface area contributed by atoms with Gasteiger partial charge in [0.15, 0.2) is 18.9 Å². The van der Waals surface area contributed by atoms with Crippen molar-refractivity contribution in [3.63, 3.8) is 0 Å². The summed E-state index contributed by atoms with van der Waals surface area (Å²) in [6.07, 6.45) is -22.9.